The molecule has 0 fully saturated rings. The highest BCUT2D eigenvalue weighted by atomic mass is 16.3. The van der Waals surface area contributed by atoms with E-state index in [9.17, 15) is 5.11 Å². The van der Waals surface area contributed by atoms with Crippen LogP contribution in [0.4, 0.5) is 0 Å². The number of aromatic nitrogens is 2. The summed E-state index contributed by atoms with van der Waals surface area (Å²) in [5, 5.41) is 14.0. The average Bonchev–Trinajstić information content (AvgIpc) is 2.69. The summed E-state index contributed by atoms with van der Waals surface area (Å²) in [6, 6.07) is 0. The average molecular weight is 238 g/mol. The normalized spacial score (nSPS) is 12.9. The first-order valence-electron chi connectivity index (χ1n) is 6.88. The van der Waals surface area contributed by atoms with E-state index >= 15 is 0 Å². The van der Waals surface area contributed by atoms with Crippen molar-refractivity contribution in [3.05, 3.63) is 18.0 Å². The van der Waals surface area contributed by atoms with Gasteiger partial charge in [-0.15, -0.1) is 0 Å². The van der Waals surface area contributed by atoms with Gasteiger partial charge >= 0.3 is 0 Å². The van der Waals surface area contributed by atoms with E-state index in [0.717, 1.165) is 24.8 Å². The molecule has 0 radical (unpaired) electrons. The summed E-state index contributed by atoms with van der Waals surface area (Å²) >= 11 is 0. The number of rotatable bonds is 9. The fraction of sp³-hybridized carbons (Fsp3) is 0.786. The molecule has 1 atom stereocenters. The van der Waals surface area contributed by atoms with Crippen molar-refractivity contribution in [3.63, 3.8) is 0 Å². The van der Waals surface area contributed by atoms with Gasteiger partial charge in [-0.1, -0.05) is 45.4 Å². The predicted octanol–water partition coefficient (Wildman–Crippen LogP) is 3.07. The van der Waals surface area contributed by atoms with Gasteiger partial charge in [0.1, 0.15) is 0 Å². The maximum atomic E-state index is 9.88. The SMILES string of the molecule is CCCCCCCCC(O)Cc1cnn(C)c1. The fourth-order valence-electron chi connectivity index (χ4n) is 2.11. The highest BCUT2D eigenvalue weighted by Gasteiger charge is 2.06. The lowest BCUT2D eigenvalue weighted by Crippen LogP contribution is -2.09. The van der Waals surface area contributed by atoms with Crippen molar-refractivity contribution >= 4 is 0 Å². The van der Waals surface area contributed by atoms with Crippen molar-refractivity contribution in [2.75, 3.05) is 0 Å². The highest BCUT2D eigenvalue weighted by Crippen LogP contribution is 2.11. The Balaban J connectivity index is 2.03. The van der Waals surface area contributed by atoms with Gasteiger partial charge in [0.05, 0.1) is 12.3 Å². The van der Waals surface area contributed by atoms with E-state index in [-0.39, 0.29) is 6.10 Å². The van der Waals surface area contributed by atoms with Crippen molar-refractivity contribution in [2.45, 2.75) is 64.4 Å². The molecule has 3 heteroatoms. The van der Waals surface area contributed by atoms with Crippen molar-refractivity contribution in [1.82, 2.24) is 9.78 Å². The molecule has 0 saturated heterocycles. The molecule has 1 N–H and O–H groups in total. The van der Waals surface area contributed by atoms with E-state index in [1.807, 2.05) is 19.4 Å². The Morgan fingerprint density at radius 3 is 2.59 bits per heavy atom. The zero-order valence-electron chi connectivity index (χ0n) is 11.2. The Labute approximate surface area is 105 Å². The van der Waals surface area contributed by atoms with Gasteiger partial charge in [-0.3, -0.25) is 4.68 Å². The molecular weight excluding hydrogens is 212 g/mol. The van der Waals surface area contributed by atoms with Gasteiger partial charge in [0.25, 0.3) is 0 Å². The number of aliphatic hydroxyl groups excluding tert-OH is 1. The molecule has 0 aliphatic carbocycles. The van der Waals surface area contributed by atoms with E-state index in [4.69, 9.17) is 0 Å². The molecule has 1 aromatic heterocycles. The molecule has 1 heterocycles. The summed E-state index contributed by atoms with van der Waals surface area (Å²) in [5.74, 6) is 0. The maximum absolute atomic E-state index is 9.88. The van der Waals surface area contributed by atoms with E-state index in [1.54, 1.807) is 4.68 Å². The van der Waals surface area contributed by atoms with E-state index in [0.29, 0.717) is 0 Å². The smallest absolute Gasteiger partial charge is 0.0581 e. The first-order chi connectivity index (χ1) is 8.22. The van der Waals surface area contributed by atoms with Crippen LogP contribution in [0.25, 0.3) is 0 Å². The zero-order chi connectivity index (χ0) is 12.5. The minimum atomic E-state index is -0.203. The van der Waals surface area contributed by atoms with Crippen molar-refractivity contribution in [3.8, 4) is 0 Å². The van der Waals surface area contributed by atoms with Crippen LogP contribution >= 0.6 is 0 Å². The zero-order valence-corrected chi connectivity index (χ0v) is 11.2. The van der Waals surface area contributed by atoms with Gasteiger partial charge in [-0.25, -0.2) is 0 Å². The first kappa shape index (κ1) is 14.2. The summed E-state index contributed by atoms with van der Waals surface area (Å²) < 4.78 is 1.78. The Bertz CT molecular complexity index is 296. The highest BCUT2D eigenvalue weighted by molar-refractivity contribution is 5.04. The van der Waals surface area contributed by atoms with Crippen LogP contribution in [0.1, 0.15) is 57.4 Å². The van der Waals surface area contributed by atoms with Crippen molar-refractivity contribution in [2.24, 2.45) is 7.05 Å². The Hall–Kier alpha value is -0.830. The van der Waals surface area contributed by atoms with Gasteiger partial charge in [0, 0.05) is 19.7 Å². The second-order valence-corrected chi connectivity index (χ2v) is 4.94. The van der Waals surface area contributed by atoms with Gasteiger partial charge < -0.3 is 5.11 Å². The molecule has 0 aromatic carbocycles. The summed E-state index contributed by atoms with van der Waals surface area (Å²) in [7, 11) is 1.91. The number of hydrogen-bond acceptors (Lipinski definition) is 2. The van der Waals surface area contributed by atoms with E-state index < -0.39 is 0 Å². The Morgan fingerprint density at radius 1 is 1.24 bits per heavy atom. The Kier molecular flexibility index (Phi) is 6.94. The molecule has 0 amide bonds. The van der Waals surface area contributed by atoms with Crippen LogP contribution in [0.5, 0.6) is 0 Å². The van der Waals surface area contributed by atoms with E-state index in [2.05, 4.69) is 12.0 Å². The van der Waals surface area contributed by atoms with Gasteiger partial charge in [-0.2, -0.15) is 5.10 Å². The van der Waals surface area contributed by atoms with Gasteiger partial charge in [-0.05, 0) is 12.0 Å². The summed E-state index contributed by atoms with van der Waals surface area (Å²) in [4.78, 5) is 0. The second kappa shape index (κ2) is 8.29. The van der Waals surface area contributed by atoms with Crippen molar-refractivity contribution < 1.29 is 5.11 Å². The van der Waals surface area contributed by atoms with Crippen LogP contribution in [-0.2, 0) is 13.5 Å². The van der Waals surface area contributed by atoms with Crippen LogP contribution in [0.3, 0.4) is 0 Å². The number of unbranched alkanes of at least 4 members (excludes halogenated alkanes) is 5. The third kappa shape index (κ3) is 6.47. The molecular formula is C14H26N2O. The largest absolute Gasteiger partial charge is 0.393 e. The third-order valence-corrected chi connectivity index (χ3v) is 3.12. The molecule has 98 valence electrons. The summed E-state index contributed by atoms with van der Waals surface area (Å²) in [6.45, 7) is 2.23. The standard InChI is InChI=1S/C14H26N2O/c1-3-4-5-6-7-8-9-14(17)10-13-11-15-16(2)12-13/h11-12,14,17H,3-10H2,1-2H3. The van der Waals surface area contributed by atoms with Crippen LogP contribution in [0, 0.1) is 0 Å². The minimum absolute atomic E-state index is 0.203. The van der Waals surface area contributed by atoms with Crippen molar-refractivity contribution in [1.29, 1.82) is 0 Å². The summed E-state index contributed by atoms with van der Waals surface area (Å²) in [6.07, 6.45) is 13.0. The summed E-state index contributed by atoms with van der Waals surface area (Å²) in [5.41, 5.74) is 1.13. The van der Waals surface area contributed by atoms with Gasteiger partial charge in [0.15, 0.2) is 0 Å². The van der Waals surface area contributed by atoms with Crippen LogP contribution < -0.4 is 0 Å². The van der Waals surface area contributed by atoms with Gasteiger partial charge in [0.2, 0.25) is 0 Å². The molecule has 1 aromatic rings. The topological polar surface area (TPSA) is 38.1 Å². The van der Waals surface area contributed by atoms with Crippen LogP contribution in [0.2, 0.25) is 0 Å². The molecule has 0 aliphatic heterocycles. The Morgan fingerprint density at radius 2 is 1.94 bits per heavy atom. The molecule has 0 bridgehead atoms. The number of aliphatic hydroxyl groups is 1. The predicted molar refractivity (Wildman–Crippen MR) is 70.9 cm³/mol. The second-order valence-electron chi connectivity index (χ2n) is 4.94. The lowest BCUT2D eigenvalue weighted by atomic mass is 10.0. The minimum Gasteiger partial charge on any atom is -0.393 e. The molecule has 0 aliphatic rings. The van der Waals surface area contributed by atoms with E-state index in [1.165, 1.54) is 32.1 Å². The number of aryl methyl sites for hydroxylation is 1. The maximum Gasteiger partial charge on any atom is 0.0581 e. The molecule has 1 rings (SSSR count). The lowest BCUT2D eigenvalue weighted by Gasteiger charge is -2.08. The third-order valence-electron chi connectivity index (χ3n) is 3.12. The number of nitrogens with zero attached hydrogens (tertiary/aromatic N) is 2. The van der Waals surface area contributed by atoms with Crippen LogP contribution in [0.15, 0.2) is 12.4 Å². The fourth-order valence-corrected chi connectivity index (χ4v) is 2.11. The molecule has 3 nitrogen and oxygen atoms in total. The number of hydrogen-bond donors (Lipinski definition) is 1. The molecule has 1 unspecified atom stereocenters. The first-order valence-corrected chi connectivity index (χ1v) is 6.88. The monoisotopic (exact) mass is 238 g/mol. The lowest BCUT2D eigenvalue weighted by molar-refractivity contribution is 0.161. The molecule has 0 saturated carbocycles. The quantitative estimate of drug-likeness (QED) is 0.671. The van der Waals surface area contributed by atoms with Crippen LogP contribution in [-0.4, -0.2) is 21.0 Å². The molecule has 0 spiro atoms. The molecule has 17 heavy (non-hydrogen) atoms.